The van der Waals surface area contributed by atoms with Crippen molar-refractivity contribution >= 4 is 27.9 Å². The molecule has 0 spiro atoms. The van der Waals surface area contributed by atoms with E-state index in [-0.39, 0.29) is 35.6 Å². The molecule has 1 aromatic rings. The molecule has 9 heteroatoms. The summed E-state index contributed by atoms with van der Waals surface area (Å²) in [6.45, 7) is 4.09. The van der Waals surface area contributed by atoms with E-state index >= 15 is 0 Å². The topological polar surface area (TPSA) is 116 Å². The molecule has 0 saturated carbocycles. The van der Waals surface area contributed by atoms with Crippen molar-refractivity contribution in [2.75, 3.05) is 26.0 Å². The zero-order valence-electron chi connectivity index (χ0n) is 13.3. The Labute approximate surface area is 143 Å². The molecule has 2 heterocycles. The van der Waals surface area contributed by atoms with Gasteiger partial charge in [0.25, 0.3) is 5.91 Å². The van der Waals surface area contributed by atoms with Crippen LogP contribution in [0.3, 0.4) is 0 Å². The van der Waals surface area contributed by atoms with Gasteiger partial charge in [0.15, 0.2) is 0 Å². The molecule has 0 aliphatic carbocycles. The summed E-state index contributed by atoms with van der Waals surface area (Å²) in [4.78, 5) is 25.3. The number of hydrogen-bond donors (Lipinski definition) is 2. The zero-order valence-corrected chi connectivity index (χ0v) is 14.3. The standard InChI is InChI=1S/C15H18N5O3Si/c1-4-10-12(14(17)22)13(16)20(18-10)15(24)6-9(7-23-3)19(8-15)11(21)5-2/h1,5,9H,2,6-8,16H2,3H3,(H2,17,22)/t9-,15-/m1/s1. The van der Waals surface area contributed by atoms with Gasteiger partial charge in [0.05, 0.1) is 28.1 Å². The molecule has 125 valence electrons. The predicted molar refractivity (Wildman–Crippen MR) is 89.0 cm³/mol. The molecular weight excluding hydrogens is 326 g/mol. The van der Waals surface area contributed by atoms with E-state index in [2.05, 4.69) is 27.8 Å². The molecule has 2 rings (SSSR count). The number of ether oxygens (including phenoxy) is 1. The van der Waals surface area contributed by atoms with Gasteiger partial charge in [0.2, 0.25) is 5.91 Å². The number of methoxy groups -OCH3 is 1. The van der Waals surface area contributed by atoms with Crippen molar-refractivity contribution in [1.29, 1.82) is 0 Å². The summed E-state index contributed by atoms with van der Waals surface area (Å²) < 4.78 is 6.58. The van der Waals surface area contributed by atoms with Crippen LogP contribution in [-0.4, -0.2) is 63.0 Å². The molecule has 0 unspecified atom stereocenters. The first-order valence-electron chi connectivity index (χ1n) is 7.11. The summed E-state index contributed by atoms with van der Waals surface area (Å²) in [7, 11) is 5.21. The third-order valence-corrected chi connectivity index (χ3v) is 4.55. The van der Waals surface area contributed by atoms with E-state index in [9.17, 15) is 9.59 Å². The maximum Gasteiger partial charge on any atom is 0.255 e. The third-order valence-electron chi connectivity index (χ3n) is 3.97. The Morgan fingerprint density at radius 2 is 2.33 bits per heavy atom. The number of nitrogens with zero attached hydrogens (tertiary/aromatic N) is 3. The minimum Gasteiger partial charge on any atom is -0.383 e. The largest absolute Gasteiger partial charge is 0.383 e. The van der Waals surface area contributed by atoms with Gasteiger partial charge in [0.1, 0.15) is 17.1 Å². The van der Waals surface area contributed by atoms with Crippen molar-refractivity contribution in [2.24, 2.45) is 5.73 Å². The van der Waals surface area contributed by atoms with Crippen LogP contribution in [0.5, 0.6) is 0 Å². The molecule has 1 aliphatic heterocycles. The number of rotatable bonds is 5. The number of hydrogen-bond acceptors (Lipinski definition) is 5. The van der Waals surface area contributed by atoms with Gasteiger partial charge in [-0.1, -0.05) is 6.58 Å². The van der Waals surface area contributed by atoms with E-state index in [1.165, 1.54) is 10.8 Å². The number of likely N-dealkylation sites (tertiary alicyclic amines) is 1. The molecule has 0 bridgehead atoms. The summed E-state index contributed by atoms with van der Waals surface area (Å²) in [5.74, 6) is 1.36. The number of nitrogen functional groups attached to an aromatic ring is 1. The average molecular weight is 344 g/mol. The van der Waals surface area contributed by atoms with Crippen LogP contribution in [0.25, 0.3) is 0 Å². The number of primary amides is 1. The second-order valence-corrected chi connectivity index (χ2v) is 6.48. The monoisotopic (exact) mass is 344 g/mol. The van der Waals surface area contributed by atoms with Gasteiger partial charge in [-0.05, 0) is 18.4 Å². The second-order valence-electron chi connectivity index (χ2n) is 5.54. The van der Waals surface area contributed by atoms with Gasteiger partial charge in [-0.2, -0.15) is 5.10 Å². The Morgan fingerprint density at radius 1 is 1.67 bits per heavy atom. The SMILES string of the molecule is C#Cc1nn([C@@]2([Si])C[C@H](COC)N(C(=O)C=C)C2)c(N)c1C(N)=O. The lowest BCUT2D eigenvalue weighted by molar-refractivity contribution is -0.127. The van der Waals surface area contributed by atoms with E-state index in [4.69, 9.17) is 22.6 Å². The Hall–Kier alpha value is -2.57. The molecule has 2 amide bonds. The fourth-order valence-electron chi connectivity index (χ4n) is 2.95. The normalized spacial score (nSPS) is 23.0. The van der Waals surface area contributed by atoms with Crippen LogP contribution >= 0.6 is 0 Å². The van der Waals surface area contributed by atoms with Crippen LogP contribution in [0, 0.1) is 12.3 Å². The molecule has 4 N–H and O–H groups in total. The number of carbonyl (C=O) groups excluding carboxylic acids is 2. The highest BCUT2D eigenvalue weighted by Gasteiger charge is 2.45. The first-order valence-corrected chi connectivity index (χ1v) is 7.61. The predicted octanol–water partition coefficient (Wildman–Crippen LogP) is -1.20. The Kier molecular flexibility index (Phi) is 4.82. The molecule has 8 nitrogen and oxygen atoms in total. The van der Waals surface area contributed by atoms with Crippen molar-refractivity contribution in [3.05, 3.63) is 23.9 Å². The number of anilines is 1. The first kappa shape index (κ1) is 17.8. The number of amides is 2. The van der Waals surface area contributed by atoms with Crippen molar-refractivity contribution in [3.63, 3.8) is 0 Å². The number of aromatic nitrogens is 2. The van der Waals surface area contributed by atoms with Crippen molar-refractivity contribution in [3.8, 4) is 12.3 Å². The van der Waals surface area contributed by atoms with Crippen LogP contribution in [0.1, 0.15) is 22.5 Å². The van der Waals surface area contributed by atoms with E-state index in [0.29, 0.717) is 13.0 Å². The molecule has 24 heavy (non-hydrogen) atoms. The van der Waals surface area contributed by atoms with Gasteiger partial charge >= 0.3 is 0 Å². The van der Waals surface area contributed by atoms with Gasteiger partial charge < -0.3 is 21.1 Å². The average Bonchev–Trinajstić information content (AvgIpc) is 3.05. The molecular formula is C15H18N5O3Si. The maximum absolute atomic E-state index is 12.1. The van der Waals surface area contributed by atoms with Crippen molar-refractivity contribution < 1.29 is 14.3 Å². The van der Waals surface area contributed by atoms with Gasteiger partial charge in [-0.15, -0.1) is 6.42 Å². The first-order chi connectivity index (χ1) is 11.3. The summed E-state index contributed by atoms with van der Waals surface area (Å²) in [5.41, 5.74) is 11.4. The minimum absolute atomic E-state index is 0.00749. The minimum atomic E-state index is -0.842. The summed E-state index contributed by atoms with van der Waals surface area (Å²) in [5, 5.41) is 3.38. The second kappa shape index (κ2) is 6.50. The number of terminal acetylenes is 1. The molecule has 1 aromatic heterocycles. The third kappa shape index (κ3) is 2.81. The number of nitrogens with two attached hydrogens (primary N) is 2. The van der Waals surface area contributed by atoms with E-state index < -0.39 is 11.1 Å². The maximum atomic E-state index is 12.1. The highest BCUT2D eigenvalue weighted by atomic mass is 28.1. The van der Waals surface area contributed by atoms with Crippen LogP contribution in [0.15, 0.2) is 12.7 Å². The van der Waals surface area contributed by atoms with Crippen LogP contribution < -0.4 is 11.5 Å². The van der Waals surface area contributed by atoms with E-state index in [1.54, 1.807) is 12.0 Å². The summed E-state index contributed by atoms with van der Waals surface area (Å²) in [6.07, 6.45) is 7.06. The van der Waals surface area contributed by atoms with Crippen molar-refractivity contribution in [1.82, 2.24) is 14.7 Å². The quantitative estimate of drug-likeness (QED) is 0.395. The molecule has 0 aromatic carbocycles. The fraction of sp³-hybridized carbons (Fsp3) is 0.400. The van der Waals surface area contributed by atoms with E-state index in [0.717, 1.165) is 0 Å². The lowest BCUT2D eigenvalue weighted by atomic mass is 10.1. The van der Waals surface area contributed by atoms with Crippen LogP contribution in [-0.2, 0) is 14.7 Å². The summed E-state index contributed by atoms with van der Waals surface area (Å²) in [6, 6.07) is -0.215. The summed E-state index contributed by atoms with van der Waals surface area (Å²) >= 11 is 0. The van der Waals surface area contributed by atoms with Crippen LogP contribution in [0.4, 0.5) is 5.82 Å². The molecule has 2 atom stereocenters. The molecule has 1 fully saturated rings. The Morgan fingerprint density at radius 3 is 2.79 bits per heavy atom. The molecule has 1 aliphatic rings. The fourth-order valence-corrected chi connectivity index (χ4v) is 3.52. The Balaban J connectivity index is 2.49. The van der Waals surface area contributed by atoms with Crippen LogP contribution in [0.2, 0.25) is 0 Å². The lowest BCUT2D eigenvalue weighted by Crippen LogP contribution is -2.41. The highest BCUT2D eigenvalue weighted by molar-refractivity contribution is 6.15. The molecule has 3 radical (unpaired) electrons. The van der Waals surface area contributed by atoms with E-state index in [1.807, 2.05) is 0 Å². The highest BCUT2D eigenvalue weighted by Crippen LogP contribution is 2.34. The van der Waals surface area contributed by atoms with Crippen molar-refractivity contribution in [2.45, 2.75) is 17.6 Å². The smallest absolute Gasteiger partial charge is 0.255 e. The zero-order chi connectivity index (χ0) is 18.1. The lowest BCUT2D eigenvalue weighted by Gasteiger charge is -2.26. The van der Waals surface area contributed by atoms with Gasteiger partial charge in [-0.3, -0.25) is 9.59 Å². The number of carbonyl (C=O) groups is 2. The van der Waals surface area contributed by atoms with Gasteiger partial charge in [0, 0.05) is 13.7 Å². The van der Waals surface area contributed by atoms with Gasteiger partial charge in [-0.25, -0.2) is 4.68 Å². The Bertz CT molecular complexity index is 738. The molecule has 1 saturated heterocycles.